The number of carbonyl (C=O) groups excluding carboxylic acids is 2. The zero-order chi connectivity index (χ0) is 29.3. The first kappa shape index (κ1) is 32.5. The Bertz CT molecular complexity index is 1090. The first-order valence-corrected chi connectivity index (χ1v) is 14.3. The standard InChI is InChI=1S/C22H32N2O2.C7H7F.C4H10O/c1-5-18-15(2)19-12-24(14-25)13-20(19)16(3)22(18)23(4)21(26)11-17-9-7-6-8-10-17;1-6-3-2-4-7(8)5-6;1-4(2,3)5/h14,17H,5-13H2,1-4H3;2-5H,1H3;5H,1-3H3. The molecule has 1 aliphatic heterocycles. The molecule has 0 aromatic heterocycles. The maximum Gasteiger partial charge on any atom is 0.227 e. The van der Waals surface area contributed by atoms with Crippen LogP contribution < -0.4 is 4.90 Å². The molecular weight excluding hydrogens is 491 g/mol. The summed E-state index contributed by atoms with van der Waals surface area (Å²) in [5, 5.41) is 8.52. The zero-order valence-electron chi connectivity index (χ0n) is 25.4. The number of aliphatic hydroxyl groups is 1. The summed E-state index contributed by atoms with van der Waals surface area (Å²) in [4.78, 5) is 28.0. The lowest BCUT2D eigenvalue weighted by atomic mass is 9.86. The van der Waals surface area contributed by atoms with E-state index < -0.39 is 5.60 Å². The van der Waals surface area contributed by atoms with E-state index in [1.54, 1.807) is 26.8 Å². The van der Waals surface area contributed by atoms with Gasteiger partial charge in [-0.1, -0.05) is 38.3 Å². The van der Waals surface area contributed by atoms with Crippen LogP contribution in [0.2, 0.25) is 0 Å². The van der Waals surface area contributed by atoms with Gasteiger partial charge in [-0.05, 0) is 112 Å². The van der Waals surface area contributed by atoms with Gasteiger partial charge in [-0.3, -0.25) is 9.59 Å². The van der Waals surface area contributed by atoms with Crippen LogP contribution in [0.5, 0.6) is 0 Å². The van der Waals surface area contributed by atoms with E-state index in [2.05, 4.69) is 20.8 Å². The molecule has 39 heavy (non-hydrogen) atoms. The number of rotatable bonds is 5. The molecule has 2 aromatic carbocycles. The van der Waals surface area contributed by atoms with Crippen molar-refractivity contribution in [3.63, 3.8) is 0 Å². The average Bonchev–Trinajstić information content (AvgIpc) is 3.31. The molecule has 2 aliphatic rings. The lowest BCUT2D eigenvalue weighted by molar-refractivity contribution is -0.119. The van der Waals surface area contributed by atoms with E-state index in [-0.39, 0.29) is 11.7 Å². The SMILES string of the molecule is CC(C)(C)O.CCc1c(C)c2c(c(C)c1N(C)C(=O)CC1CCCCC1)CN(C=O)C2.Cc1cccc(F)c1. The lowest BCUT2D eigenvalue weighted by Crippen LogP contribution is -2.30. The predicted molar refractivity (Wildman–Crippen MR) is 158 cm³/mol. The molecular formula is C33H49FN2O3. The summed E-state index contributed by atoms with van der Waals surface area (Å²) in [5.41, 5.74) is 7.74. The van der Waals surface area contributed by atoms with Gasteiger partial charge in [0.1, 0.15) is 5.82 Å². The van der Waals surface area contributed by atoms with Crippen molar-refractivity contribution in [3.8, 4) is 0 Å². The van der Waals surface area contributed by atoms with E-state index >= 15 is 0 Å². The number of carbonyl (C=O) groups is 2. The smallest absolute Gasteiger partial charge is 0.227 e. The van der Waals surface area contributed by atoms with Crippen molar-refractivity contribution in [2.45, 2.75) is 112 Å². The Balaban J connectivity index is 0.000000337. The second-order valence-corrected chi connectivity index (χ2v) is 12.0. The highest BCUT2D eigenvalue weighted by molar-refractivity contribution is 5.95. The first-order valence-electron chi connectivity index (χ1n) is 14.3. The minimum Gasteiger partial charge on any atom is -0.391 e. The highest BCUT2D eigenvalue weighted by atomic mass is 19.1. The van der Waals surface area contributed by atoms with Crippen molar-refractivity contribution < 1.29 is 19.1 Å². The maximum atomic E-state index is 13.0. The molecule has 0 spiro atoms. The number of anilines is 1. The van der Waals surface area contributed by atoms with E-state index in [0.717, 1.165) is 24.1 Å². The largest absolute Gasteiger partial charge is 0.391 e. The Labute approximate surface area is 235 Å². The van der Waals surface area contributed by atoms with Crippen molar-refractivity contribution in [2.24, 2.45) is 5.92 Å². The summed E-state index contributed by atoms with van der Waals surface area (Å²) in [7, 11) is 1.94. The molecule has 1 saturated carbocycles. The third-order valence-corrected chi connectivity index (χ3v) is 7.47. The van der Waals surface area contributed by atoms with Crippen LogP contribution in [-0.4, -0.2) is 35.0 Å². The normalized spacial score (nSPS) is 15.0. The molecule has 0 saturated heterocycles. The molecule has 216 valence electrons. The molecule has 0 unspecified atom stereocenters. The van der Waals surface area contributed by atoms with Gasteiger partial charge in [-0.15, -0.1) is 0 Å². The number of hydrogen-bond donors (Lipinski definition) is 1. The summed E-state index contributed by atoms with van der Waals surface area (Å²) in [6.45, 7) is 14.9. The van der Waals surface area contributed by atoms with Gasteiger partial charge in [0.25, 0.3) is 0 Å². The number of halogens is 1. The minimum absolute atomic E-state index is 0.162. The van der Waals surface area contributed by atoms with Gasteiger partial charge >= 0.3 is 0 Å². The van der Waals surface area contributed by atoms with Crippen LogP contribution in [0.25, 0.3) is 0 Å². The van der Waals surface area contributed by atoms with Crippen LogP contribution in [0, 0.1) is 32.5 Å². The third kappa shape index (κ3) is 9.75. The molecule has 0 bridgehead atoms. The Morgan fingerprint density at radius 1 is 1.08 bits per heavy atom. The summed E-state index contributed by atoms with van der Waals surface area (Å²) in [6, 6.07) is 6.50. The summed E-state index contributed by atoms with van der Waals surface area (Å²) >= 11 is 0. The van der Waals surface area contributed by atoms with E-state index in [9.17, 15) is 14.0 Å². The van der Waals surface area contributed by atoms with Gasteiger partial charge < -0.3 is 14.9 Å². The van der Waals surface area contributed by atoms with Crippen molar-refractivity contribution in [1.82, 2.24) is 4.90 Å². The Hall–Kier alpha value is -2.73. The van der Waals surface area contributed by atoms with Gasteiger partial charge in [0.05, 0.1) is 5.60 Å². The summed E-state index contributed by atoms with van der Waals surface area (Å²) < 4.78 is 12.2. The second kappa shape index (κ2) is 14.6. The van der Waals surface area contributed by atoms with Crippen LogP contribution in [0.4, 0.5) is 10.1 Å². The molecule has 2 aromatic rings. The maximum absolute atomic E-state index is 13.0. The fourth-order valence-electron chi connectivity index (χ4n) is 5.54. The molecule has 1 heterocycles. The van der Waals surface area contributed by atoms with Crippen molar-refractivity contribution in [1.29, 1.82) is 0 Å². The monoisotopic (exact) mass is 540 g/mol. The molecule has 0 atom stereocenters. The number of aryl methyl sites for hydroxylation is 1. The van der Waals surface area contributed by atoms with E-state index in [1.807, 2.05) is 29.8 Å². The summed E-state index contributed by atoms with van der Waals surface area (Å²) in [6.07, 6.45) is 8.72. The van der Waals surface area contributed by atoms with Crippen molar-refractivity contribution in [3.05, 3.63) is 63.5 Å². The Kier molecular flexibility index (Phi) is 12.2. The third-order valence-electron chi connectivity index (χ3n) is 7.47. The van der Waals surface area contributed by atoms with Crippen LogP contribution in [0.3, 0.4) is 0 Å². The fourth-order valence-corrected chi connectivity index (χ4v) is 5.54. The van der Waals surface area contributed by atoms with Gasteiger partial charge in [-0.2, -0.15) is 0 Å². The number of hydrogen-bond acceptors (Lipinski definition) is 3. The van der Waals surface area contributed by atoms with Crippen LogP contribution >= 0.6 is 0 Å². The molecule has 1 N–H and O–H groups in total. The topological polar surface area (TPSA) is 60.9 Å². The van der Waals surface area contributed by atoms with Crippen molar-refractivity contribution in [2.75, 3.05) is 11.9 Å². The lowest BCUT2D eigenvalue weighted by Gasteiger charge is -2.29. The zero-order valence-corrected chi connectivity index (χ0v) is 25.4. The number of benzene rings is 2. The average molecular weight is 541 g/mol. The van der Waals surface area contributed by atoms with Crippen molar-refractivity contribution >= 4 is 18.0 Å². The number of amides is 2. The number of nitrogens with zero attached hydrogens (tertiary/aromatic N) is 2. The highest BCUT2D eigenvalue weighted by Crippen LogP contribution is 2.39. The van der Waals surface area contributed by atoms with Crippen LogP contribution in [0.15, 0.2) is 24.3 Å². The van der Waals surface area contributed by atoms with Gasteiger partial charge in [-0.25, -0.2) is 4.39 Å². The minimum atomic E-state index is -0.500. The molecule has 1 aliphatic carbocycles. The molecule has 4 rings (SSSR count). The molecule has 2 amide bonds. The molecule has 6 heteroatoms. The quantitative estimate of drug-likeness (QED) is 0.409. The molecule has 0 radical (unpaired) electrons. The van der Waals surface area contributed by atoms with Gasteiger partial charge in [0.2, 0.25) is 12.3 Å². The fraction of sp³-hybridized carbons (Fsp3) is 0.576. The number of fused-ring (bicyclic) bond motifs is 1. The molecule has 1 fully saturated rings. The Morgan fingerprint density at radius 2 is 1.64 bits per heavy atom. The molecule has 5 nitrogen and oxygen atoms in total. The van der Waals surface area contributed by atoms with Crippen LogP contribution in [-0.2, 0) is 29.1 Å². The van der Waals surface area contributed by atoms with Gasteiger partial charge in [0, 0.05) is 32.2 Å². The summed E-state index contributed by atoms with van der Waals surface area (Å²) in [5.74, 6) is 0.620. The van der Waals surface area contributed by atoms with Crippen LogP contribution in [0.1, 0.15) is 99.6 Å². The van der Waals surface area contributed by atoms with E-state index in [0.29, 0.717) is 25.4 Å². The van der Waals surface area contributed by atoms with E-state index in [1.165, 1.54) is 72.1 Å². The predicted octanol–water partition coefficient (Wildman–Crippen LogP) is 7.18. The van der Waals surface area contributed by atoms with Gasteiger partial charge in [0.15, 0.2) is 0 Å². The Morgan fingerprint density at radius 3 is 2.10 bits per heavy atom. The highest BCUT2D eigenvalue weighted by Gasteiger charge is 2.29. The first-order chi connectivity index (χ1) is 18.3. The second-order valence-electron chi connectivity index (χ2n) is 12.0. The van der Waals surface area contributed by atoms with E-state index in [4.69, 9.17) is 5.11 Å².